The number of ether oxygens (including phenoxy) is 2. The SMILES string of the molecule is CCc1ccc([C@@H](OC(=O)c2ccccc2)[C@@H]2COC(=O)N2)cc1. The van der Waals surface area contributed by atoms with Gasteiger partial charge in [0.25, 0.3) is 0 Å². The number of rotatable bonds is 5. The summed E-state index contributed by atoms with van der Waals surface area (Å²) in [6.45, 7) is 2.24. The lowest BCUT2D eigenvalue weighted by Gasteiger charge is -2.23. The predicted molar refractivity (Wildman–Crippen MR) is 88.7 cm³/mol. The van der Waals surface area contributed by atoms with Gasteiger partial charge in [-0.25, -0.2) is 9.59 Å². The number of aryl methyl sites for hydroxylation is 1. The second-order valence-electron chi connectivity index (χ2n) is 5.64. The summed E-state index contributed by atoms with van der Waals surface area (Å²) in [4.78, 5) is 23.8. The zero-order valence-corrected chi connectivity index (χ0v) is 13.4. The molecule has 5 nitrogen and oxygen atoms in total. The van der Waals surface area contributed by atoms with E-state index in [0.29, 0.717) is 5.56 Å². The first-order valence-corrected chi connectivity index (χ1v) is 7.95. The molecule has 5 heteroatoms. The Morgan fingerprint density at radius 3 is 2.50 bits per heavy atom. The number of hydrogen-bond donors (Lipinski definition) is 1. The molecule has 1 fully saturated rings. The van der Waals surface area contributed by atoms with Gasteiger partial charge in [0.15, 0.2) is 6.10 Å². The second-order valence-corrected chi connectivity index (χ2v) is 5.64. The predicted octanol–water partition coefficient (Wildman–Crippen LogP) is 3.26. The molecule has 2 atom stereocenters. The highest BCUT2D eigenvalue weighted by molar-refractivity contribution is 5.89. The number of nitrogens with one attached hydrogen (secondary N) is 1. The Balaban J connectivity index is 1.84. The molecule has 2 aromatic rings. The van der Waals surface area contributed by atoms with Gasteiger partial charge in [-0.05, 0) is 29.7 Å². The molecule has 1 aliphatic rings. The Labute approximate surface area is 140 Å². The number of benzene rings is 2. The highest BCUT2D eigenvalue weighted by Crippen LogP contribution is 2.26. The molecule has 24 heavy (non-hydrogen) atoms. The lowest BCUT2D eigenvalue weighted by atomic mass is 10.0. The summed E-state index contributed by atoms with van der Waals surface area (Å²) in [5.74, 6) is -0.429. The van der Waals surface area contributed by atoms with Crippen LogP contribution in [-0.2, 0) is 15.9 Å². The van der Waals surface area contributed by atoms with Crippen LogP contribution in [-0.4, -0.2) is 24.7 Å². The van der Waals surface area contributed by atoms with Crippen LogP contribution in [0.1, 0.15) is 34.5 Å². The monoisotopic (exact) mass is 325 g/mol. The van der Waals surface area contributed by atoms with Crippen molar-refractivity contribution in [2.75, 3.05) is 6.61 Å². The van der Waals surface area contributed by atoms with E-state index >= 15 is 0 Å². The lowest BCUT2D eigenvalue weighted by molar-refractivity contribution is 0.0203. The van der Waals surface area contributed by atoms with Gasteiger partial charge in [-0.3, -0.25) is 0 Å². The third-order valence-electron chi connectivity index (χ3n) is 4.02. The Morgan fingerprint density at radius 2 is 1.92 bits per heavy atom. The smallest absolute Gasteiger partial charge is 0.407 e. The number of cyclic esters (lactones) is 1. The van der Waals surface area contributed by atoms with Crippen LogP contribution in [0.5, 0.6) is 0 Å². The number of alkyl carbamates (subject to hydrolysis) is 1. The molecule has 1 saturated heterocycles. The van der Waals surface area contributed by atoms with Crippen LogP contribution >= 0.6 is 0 Å². The first kappa shape index (κ1) is 16.1. The van der Waals surface area contributed by atoms with Gasteiger partial charge in [0, 0.05) is 0 Å². The maximum Gasteiger partial charge on any atom is 0.407 e. The van der Waals surface area contributed by atoms with Crippen LogP contribution in [0.15, 0.2) is 54.6 Å². The van der Waals surface area contributed by atoms with Crippen molar-refractivity contribution in [2.24, 2.45) is 0 Å². The van der Waals surface area contributed by atoms with Crippen LogP contribution in [0.3, 0.4) is 0 Å². The average molecular weight is 325 g/mol. The van der Waals surface area contributed by atoms with E-state index in [1.165, 1.54) is 5.56 Å². The van der Waals surface area contributed by atoms with Gasteiger partial charge in [-0.2, -0.15) is 0 Å². The molecule has 3 rings (SSSR count). The molecule has 2 aromatic carbocycles. The number of carbonyl (C=O) groups is 2. The topological polar surface area (TPSA) is 64.6 Å². The largest absolute Gasteiger partial charge is 0.452 e. The minimum atomic E-state index is -0.602. The van der Waals surface area contributed by atoms with Gasteiger partial charge in [0.1, 0.15) is 12.6 Å². The third kappa shape index (κ3) is 3.56. The highest BCUT2D eigenvalue weighted by Gasteiger charge is 2.34. The number of amides is 1. The molecule has 0 saturated carbocycles. The molecular weight excluding hydrogens is 306 g/mol. The molecule has 0 aliphatic carbocycles. The Bertz CT molecular complexity index is 712. The van der Waals surface area contributed by atoms with Crippen molar-refractivity contribution in [3.05, 3.63) is 71.3 Å². The Kier molecular flexibility index (Phi) is 4.79. The summed E-state index contributed by atoms with van der Waals surface area (Å²) in [6, 6.07) is 16.2. The summed E-state index contributed by atoms with van der Waals surface area (Å²) in [5.41, 5.74) is 2.49. The van der Waals surface area contributed by atoms with Crippen LogP contribution in [0.2, 0.25) is 0 Å². The first-order valence-electron chi connectivity index (χ1n) is 7.95. The van der Waals surface area contributed by atoms with Crippen molar-refractivity contribution >= 4 is 12.1 Å². The fourth-order valence-corrected chi connectivity index (χ4v) is 2.65. The minimum absolute atomic E-state index is 0.168. The molecule has 0 bridgehead atoms. The average Bonchev–Trinajstić information content (AvgIpc) is 3.06. The number of esters is 1. The van der Waals surface area contributed by atoms with E-state index in [-0.39, 0.29) is 6.61 Å². The second kappa shape index (κ2) is 7.17. The van der Waals surface area contributed by atoms with E-state index in [0.717, 1.165) is 12.0 Å². The first-order chi connectivity index (χ1) is 11.7. The number of carbonyl (C=O) groups excluding carboxylic acids is 2. The Hall–Kier alpha value is -2.82. The van der Waals surface area contributed by atoms with Crippen LogP contribution in [0.25, 0.3) is 0 Å². The third-order valence-corrected chi connectivity index (χ3v) is 4.02. The molecule has 0 spiro atoms. The van der Waals surface area contributed by atoms with E-state index in [1.807, 2.05) is 30.3 Å². The number of hydrogen-bond acceptors (Lipinski definition) is 4. The Morgan fingerprint density at radius 1 is 1.21 bits per heavy atom. The van der Waals surface area contributed by atoms with Crippen molar-refractivity contribution in [3.63, 3.8) is 0 Å². The van der Waals surface area contributed by atoms with E-state index in [4.69, 9.17) is 9.47 Å². The van der Waals surface area contributed by atoms with E-state index in [9.17, 15) is 9.59 Å². The summed E-state index contributed by atoms with van der Waals surface area (Å²) < 4.78 is 10.7. The van der Waals surface area contributed by atoms with Gasteiger partial charge >= 0.3 is 12.1 Å². The molecule has 0 radical (unpaired) electrons. The fraction of sp³-hybridized carbons (Fsp3) is 0.263. The summed E-state index contributed by atoms with van der Waals surface area (Å²) in [5, 5.41) is 2.70. The molecule has 1 heterocycles. The van der Waals surface area contributed by atoms with Crippen molar-refractivity contribution < 1.29 is 19.1 Å². The zero-order valence-electron chi connectivity index (χ0n) is 13.4. The molecule has 0 unspecified atom stereocenters. The molecular formula is C19H19NO4. The fourth-order valence-electron chi connectivity index (χ4n) is 2.65. The quantitative estimate of drug-likeness (QED) is 0.857. The standard InChI is InChI=1S/C19H19NO4/c1-2-13-8-10-14(11-9-13)17(16-12-23-19(22)20-16)24-18(21)15-6-4-3-5-7-15/h3-11,16-17H,2,12H2,1H3,(H,20,22)/t16-,17+/m0/s1. The van der Waals surface area contributed by atoms with Crippen LogP contribution in [0, 0.1) is 0 Å². The van der Waals surface area contributed by atoms with E-state index < -0.39 is 24.2 Å². The maximum atomic E-state index is 12.4. The van der Waals surface area contributed by atoms with Crippen molar-refractivity contribution in [1.82, 2.24) is 5.32 Å². The van der Waals surface area contributed by atoms with Crippen LogP contribution < -0.4 is 5.32 Å². The van der Waals surface area contributed by atoms with Gasteiger partial charge < -0.3 is 14.8 Å². The van der Waals surface area contributed by atoms with Gasteiger partial charge in [0.05, 0.1) is 5.56 Å². The van der Waals surface area contributed by atoms with Crippen LogP contribution in [0.4, 0.5) is 4.79 Å². The normalized spacial score (nSPS) is 17.7. The van der Waals surface area contributed by atoms with Crippen molar-refractivity contribution in [1.29, 1.82) is 0 Å². The lowest BCUT2D eigenvalue weighted by Crippen LogP contribution is -2.35. The minimum Gasteiger partial charge on any atom is -0.452 e. The summed E-state index contributed by atoms with van der Waals surface area (Å²) >= 11 is 0. The summed E-state index contributed by atoms with van der Waals surface area (Å²) in [7, 11) is 0. The molecule has 124 valence electrons. The van der Waals surface area contributed by atoms with E-state index in [2.05, 4.69) is 12.2 Å². The van der Waals surface area contributed by atoms with Gasteiger partial charge in [0.2, 0.25) is 0 Å². The van der Waals surface area contributed by atoms with Crippen molar-refractivity contribution in [3.8, 4) is 0 Å². The molecule has 0 aromatic heterocycles. The van der Waals surface area contributed by atoms with Gasteiger partial charge in [-0.1, -0.05) is 49.4 Å². The summed E-state index contributed by atoms with van der Waals surface area (Å²) in [6.07, 6.45) is -0.168. The molecule has 1 amide bonds. The van der Waals surface area contributed by atoms with Crippen molar-refractivity contribution in [2.45, 2.75) is 25.5 Å². The zero-order chi connectivity index (χ0) is 16.9. The highest BCUT2D eigenvalue weighted by atomic mass is 16.6. The maximum absolute atomic E-state index is 12.4. The van der Waals surface area contributed by atoms with E-state index in [1.54, 1.807) is 24.3 Å². The molecule has 1 N–H and O–H groups in total. The van der Waals surface area contributed by atoms with Gasteiger partial charge in [-0.15, -0.1) is 0 Å². The molecule has 1 aliphatic heterocycles.